The van der Waals surface area contributed by atoms with E-state index in [0.717, 1.165) is 16.0 Å². The lowest BCUT2D eigenvalue weighted by molar-refractivity contribution is -0.113. The van der Waals surface area contributed by atoms with Crippen molar-refractivity contribution >= 4 is 44.4 Å². The van der Waals surface area contributed by atoms with E-state index >= 15 is 0 Å². The molecule has 0 saturated carbocycles. The van der Waals surface area contributed by atoms with Crippen molar-refractivity contribution in [3.8, 4) is 17.1 Å². The Morgan fingerprint density at radius 3 is 2.97 bits per heavy atom. The fraction of sp³-hybridized carbons (Fsp3) is 0.143. The van der Waals surface area contributed by atoms with Gasteiger partial charge in [-0.1, -0.05) is 41.3 Å². The fourth-order valence-corrected chi connectivity index (χ4v) is 4.56. The molecule has 1 amide bonds. The summed E-state index contributed by atoms with van der Waals surface area (Å²) in [6.07, 6.45) is 1.70. The number of thiazole rings is 1. The lowest BCUT2D eigenvalue weighted by atomic mass is 10.2. The first kappa shape index (κ1) is 21.0. The molecule has 31 heavy (non-hydrogen) atoms. The summed E-state index contributed by atoms with van der Waals surface area (Å²) >= 11 is 2.62. The molecule has 7 nitrogen and oxygen atoms in total. The van der Waals surface area contributed by atoms with Crippen LogP contribution in [-0.2, 0) is 11.3 Å². The van der Waals surface area contributed by atoms with E-state index in [0.29, 0.717) is 28.2 Å². The second-order valence-corrected chi connectivity index (χ2v) is 8.38. The van der Waals surface area contributed by atoms with E-state index in [2.05, 4.69) is 27.1 Å². The van der Waals surface area contributed by atoms with Gasteiger partial charge >= 0.3 is 0 Å². The van der Waals surface area contributed by atoms with Gasteiger partial charge in [-0.3, -0.25) is 9.36 Å². The molecule has 4 rings (SSSR count). The molecular weight excluding hydrogens is 437 g/mol. The Morgan fingerprint density at radius 2 is 2.19 bits per heavy atom. The second kappa shape index (κ2) is 9.27. The molecule has 2 aromatic carbocycles. The molecule has 2 aromatic heterocycles. The molecule has 158 valence electrons. The number of allylic oxidation sites excluding steroid dienone is 1. The molecule has 0 bridgehead atoms. The van der Waals surface area contributed by atoms with Gasteiger partial charge in [0.05, 0.1) is 23.1 Å². The molecule has 0 spiro atoms. The van der Waals surface area contributed by atoms with Gasteiger partial charge in [-0.15, -0.1) is 16.8 Å². The van der Waals surface area contributed by atoms with Crippen molar-refractivity contribution in [3.63, 3.8) is 0 Å². The van der Waals surface area contributed by atoms with Crippen LogP contribution >= 0.6 is 23.1 Å². The number of methoxy groups -OCH3 is 1. The maximum absolute atomic E-state index is 13.6. The minimum absolute atomic E-state index is 0.123. The SMILES string of the molecule is C=CCn1c(SCC(=O)Nc2nc3ccc(OC)cc3s2)nnc1-c1cccc(F)c1. The summed E-state index contributed by atoms with van der Waals surface area (Å²) in [7, 11) is 1.60. The average Bonchev–Trinajstić information content (AvgIpc) is 3.35. The number of aromatic nitrogens is 4. The van der Waals surface area contributed by atoms with Crippen molar-refractivity contribution in [1.82, 2.24) is 19.7 Å². The highest BCUT2D eigenvalue weighted by atomic mass is 32.2. The first-order chi connectivity index (χ1) is 15.1. The molecule has 4 aromatic rings. The van der Waals surface area contributed by atoms with E-state index in [4.69, 9.17) is 4.74 Å². The van der Waals surface area contributed by atoms with Gasteiger partial charge < -0.3 is 10.1 Å². The zero-order valence-electron chi connectivity index (χ0n) is 16.5. The van der Waals surface area contributed by atoms with Gasteiger partial charge in [0, 0.05) is 12.1 Å². The van der Waals surface area contributed by atoms with Crippen molar-refractivity contribution in [1.29, 1.82) is 0 Å². The Labute approximate surface area is 186 Å². The van der Waals surface area contributed by atoms with E-state index in [1.165, 1.54) is 35.2 Å². The molecule has 2 heterocycles. The number of benzene rings is 2. The van der Waals surface area contributed by atoms with Crippen molar-refractivity contribution in [2.45, 2.75) is 11.7 Å². The fourth-order valence-electron chi connectivity index (χ4n) is 2.90. The average molecular weight is 456 g/mol. The standard InChI is InChI=1S/C21H18FN5O2S2/c1-3-9-27-19(13-5-4-6-14(22)10-13)25-26-21(27)30-12-18(28)24-20-23-16-8-7-15(29-2)11-17(16)31-20/h3-8,10-11H,1,9,12H2,2H3,(H,23,24,28). The number of fused-ring (bicyclic) bond motifs is 1. The molecule has 1 N–H and O–H groups in total. The highest BCUT2D eigenvalue weighted by Crippen LogP contribution is 2.30. The number of carbonyl (C=O) groups is 1. The van der Waals surface area contributed by atoms with Gasteiger partial charge in [0.2, 0.25) is 5.91 Å². The van der Waals surface area contributed by atoms with E-state index < -0.39 is 0 Å². The predicted octanol–water partition coefficient (Wildman–Crippen LogP) is 4.62. The maximum Gasteiger partial charge on any atom is 0.236 e. The number of hydrogen-bond acceptors (Lipinski definition) is 7. The monoisotopic (exact) mass is 455 g/mol. The number of carbonyl (C=O) groups excluding carboxylic acids is 1. The first-order valence-corrected chi connectivity index (χ1v) is 11.0. The van der Waals surface area contributed by atoms with Gasteiger partial charge in [0.1, 0.15) is 11.6 Å². The number of ether oxygens (including phenoxy) is 1. The van der Waals surface area contributed by atoms with Crippen LogP contribution in [0.15, 0.2) is 60.3 Å². The number of thioether (sulfide) groups is 1. The summed E-state index contributed by atoms with van der Waals surface area (Å²) in [5.74, 6) is 0.810. The molecule has 0 radical (unpaired) electrons. The maximum atomic E-state index is 13.6. The van der Waals surface area contributed by atoms with Gasteiger partial charge in [0.25, 0.3) is 0 Å². The number of halogens is 1. The third kappa shape index (κ3) is 4.75. The van der Waals surface area contributed by atoms with Crippen LogP contribution in [-0.4, -0.2) is 38.5 Å². The van der Waals surface area contributed by atoms with Gasteiger partial charge in [-0.2, -0.15) is 0 Å². The minimum atomic E-state index is -0.354. The molecule has 0 saturated heterocycles. The second-order valence-electron chi connectivity index (χ2n) is 6.41. The summed E-state index contributed by atoms with van der Waals surface area (Å²) < 4.78 is 21.5. The Morgan fingerprint density at radius 1 is 1.32 bits per heavy atom. The lowest BCUT2D eigenvalue weighted by Gasteiger charge is -2.07. The van der Waals surface area contributed by atoms with Crippen LogP contribution in [0.25, 0.3) is 21.6 Å². The highest BCUT2D eigenvalue weighted by molar-refractivity contribution is 7.99. The largest absolute Gasteiger partial charge is 0.497 e. The van der Waals surface area contributed by atoms with Crippen molar-refractivity contribution < 1.29 is 13.9 Å². The molecule has 0 atom stereocenters. The van der Waals surface area contributed by atoms with Gasteiger partial charge in [0.15, 0.2) is 16.1 Å². The smallest absolute Gasteiger partial charge is 0.236 e. The van der Waals surface area contributed by atoms with E-state index in [-0.39, 0.29) is 17.5 Å². The number of nitrogens with zero attached hydrogens (tertiary/aromatic N) is 4. The van der Waals surface area contributed by atoms with Crippen LogP contribution in [0.4, 0.5) is 9.52 Å². The first-order valence-electron chi connectivity index (χ1n) is 9.24. The van der Waals surface area contributed by atoms with Crippen LogP contribution < -0.4 is 10.1 Å². The summed E-state index contributed by atoms with van der Waals surface area (Å²) in [4.78, 5) is 16.9. The predicted molar refractivity (Wildman–Crippen MR) is 121 cm³/mol. The van der Waals surface area contributed by atoms with Crippen LogP contribution in [0.2, 0.25) is 0 Å². The number of rotatable bonds is 8. The van der Waals surface area contributed by atoms with Gasteiger partial charge in [-0.05, 0) is 30.3 Å². The van der Waals surface area contributed by atoms with E-state index in [1.54, 1.807) is 29.9 Å². The lowest BCUT2D eigenvalue weighted by Crippen LogP contribution is -2.14. The van der Waals surface area contributed by atoms with E-state index in [9.17, 15) is 9.18 Å². The Kier molecular flexibility index (Phi) is 6.28. The van der Waals surface area contributed by atoms with Crippen molar-refractivity contribution in [2.75, 3.05) is 18.2 Å². The third-order valence-electron chi connectivity index (χ3n) is 4.29. The molecule has 10 heteroatoms. The molecule has 0 aliphatic carbocycles. The van der Waals surface area contributed by atoms with Crippen LogP contribution in [0.1, 0.15) is 0 Å². The molecule has 0 fully saturated rings. The number of amides is 1. The summed E-state index contributed by atoms with van der Waals surface area (Å²) in [5.41, 5.74) is 1.40. The minimum Gasteiger partial charge on any atom is -0.497 e. The Hall–Kier alpha value is -3.24. The third-order valence-corrected chi connectivity index (χ3v) is 6.19. The molecule has 0 unspecified atom stereocenters. The van der Waals surface area contributed by atoms with Crippen LogP contribution in [0.5, 0.6) is 5.75 Å². The van der Waals surface area contributed by atoms with Crippen LogP contribution in [0, 0.1) is 5.82 Å². The normalized spacial score (nSPS) is 10.9. The zero-order chi connectivity index (χ0) is 21.8. The number of nitrogens with one attached hydrogen (secondary N) is 1. The highest BCUT2D eigenvalue weighted by Gasteiger charge is 2.16. The van der Waals surface area contributed by atoms with Crippen LogP contribution in [0.3, 0.4) is 0 Å². The zero-order valence-corrected chi connectivity index (χ0v) is 18.2. The topological polar surface area (TPSA) is 81.9 Å². The van der Waals surface area contributed by atoms with Crippen molar-refractivity contribution in [3.05, 3.63) is 60.9 Å². The summed E-state index contributed by atoms with van der Waals surface area (Å²) in [5, 5.41) is 12.2. The number of anilines is 1. The Bertz CT molecular complexity index is 1250. The number of hydrogen-bond donors (Lipinski definition) is 1. The summed E-state index contributed by atoms with van der Waals surface area (Å²) in [6, 6.07) is 11.7. The van der Waals surface area contributed by atoms with Gasteiger partial charge in [-0.25, -0.2) is 9.37 Å². The molecule has 0 aliphatic heterocycles. The quantitative estimate of drug-likeness (QED) is 0.308. The molecular formula is C21H18FN5O2S2. The van der Waals surface area contributed by atoms with Crippen molar-refractivity contribution in [2.24, 2.45) is 0 Å². The molecule has 0 aliphatic rings. The summed E-state index contributed by atoms with van der Waals surface area (Å²) in [6.45, 7) is 4.19. The Balaban J connectivity index is 1.46. The van der Waals surface area contributed by atoms with E-state index in [1.807, 2.05) is 18.2 Å².